The Balaban J connectivity index is 2.94. The molecule has 18 heavy (non-hydrogen) atoms. The largest absolute Gasteiger partial charge is 0.351 e. The Kier molecular flexibility index (Phi) is 4.69. The summed E-state index contributed by atoms with van der Waals surface area (Å²) >= 11 is 0. The van der Waals surface area contributed by atoms with Gasteiger partial charge in [-0.3, -0.25) is 0 Å². The van der Waals surface area contributed by atoms with E-state index >= 15 is 0 Å². The highest BCUT2D eigenvalue weighted by Gasteiger charge is 2.26. The van der Waals surface area contributed by atoms with Crippen molar-refractivity contribution in [2.75, 3.05) is 0 Å². The molecule has 0 unspecified atom stereocenters. The molecule has 0 saturated heterocycles. The first-order valence-electron chi connectivity index (χ1n) is 5.46. The second-order valence-electron chi connectivity index (χ2n) is 4.10. The molecule has 1 aromatic rings. The van der Waals surface area contributed by atoms with Crippen molar-refractivity contribution in [3.8, 4) is 0 Å². The number of amides is 2. The van der Waals surface area contributed by atoms with E-state index in [1.807, 2.05) is 30.3 Å². The van der Waals surface area contributed by atoms with Crippen LogP contribution in [0.5, 0.6) is 0 Å². The number of rotatable bonds is 5. The minimum absolute atomic E-state index is 0.182. The molecule has 0 aliphatic rings. The highest BCUT2D eigenvalue weighted by atomic mass is 32.2. The summed E-state index contributed by atoms with van der Waals surface area (Å²) in [7, 11) is -3.91. The molecule has 0 spiro atoms. The summed E-state index contributed by atoms with van der Waals surface area (Å²) in [5.41, 5.74) is 5.69. The predicted molar refractivity (Wildman–Crippen MR) is 68.8 cm³/mol. The van der Waals surface area contributed by atoms with Gasteiger partial charge in [0.25, 0.3) is 0 Å². The van der Waals surface area contributed by atoms with Crippen molar-refractivity contribution in [2.45, 2.75) is 26.4 Å². The van der Waals surface area contributed by atoms with Crippen molar-refractivity contribution < 1.29 is 13.2 Å². The molecule has 2 amide bonds. The van der Waals surface area contributed by atoms with Crippen LogP contribution in [0.2, 0.25) is 0 Å². The molecule has 0 heterocycles. The summed E-state index contributed by atoms with van der Waals surface area (Å²) in [6.07, 6.45) is 0. The standard InChI is InChI=1S/C11H17N3O3S/c1-9(2)14(18(16,17)13-11(12)15)8-10-6-4-3-5-7-10/h3-7,9H,8H2,1-2H3,(H3,12,13,15). The summed E-state index contributed by atoms with van der Waals surface area (Å²) in [6, 6.07) is 7.74. The average Bonchev–Trinajstić information content (AvgIpc) is 2.25. The van der Waals surface area contributed by atoms with Crippen LogP contribution in [-0.4, -0.2) is 24.8 Å². The summed E-state index contributed by atoms with van der Waals surface area (Å²) in [4.78, 5) is 10.7. The molecule has 6 nitrogen and oxygen atoms in total. The number of nitrogens with zero attached hydrogens (tertiary/aromatic N) is 1. The van der Waals surface area contributed by atoms with E-state index in [4.69, 9.17) is 5.73 Å². The van der Waals surface area contributed by atoms with Crippen LogP contribution in [0.25, 0.3) is 0 Å². The van der Waals surface area contributed by atoms with Gasteiger partial charge in [0.05, 0.1) is 0 Å². The van der Waals surface area contributed by atoms with Crippen LogP contribution in [0.4, 0.5) is 4.79 Å². The lowest BCUT2D eigenvalue weighted by molar-refractivity contribution is 0.252. The van der Waals surface area contributed by atoms with Crippen LogP contribution in [-0.2, 0) is 16.8 Å². The molecular weight excluding hydrogens is 254 g/mol. The highest BCUT2D eigenvalue weighted by Crippen LogP contribution is 2.11. The van der Waals surface area contributed by atoms with Crippen molar-refractivity contribution in [1.29, 1.82) is 0 Å². The Morgan fingerprint density at radius 1 is 1.33 bits per heavy atom. The van der Waals surface area contributed by atoms with Crippen molar-refractivity contribution in [3.63, 3.8) is 0 Å². The van der Waals surface area contributed by atoms with Gasteiger partial charge in [0.2, 0.25) is 0 Å². The quantitative estimate of drug-likeness (QED) is 0.830. The van der Waals surface area contributed by atoms with E-state index in [0.717, 1.165) is 5.56 Å². The van der Waals surface area contributed by atoms with E-state index in [1.54, 1.807) is 18.6 Å². The Hall–Kier alpha value is -1.60. The second kappa shape index (κ2) is 5.83. The first kappa shape index (κ1) is 14.5. The number of primary amides is 1. The molecule has 0 saturated carbocycles. The van der Waals surface area contributed by atoms with Gasteiger partial charge in [0.1, 0.15) is 0 Å². The molecule has 0 aromatic heterocycles. The van der Waals surface area contributed by atoms with Gasteiger partial charge in [-0.05, 0) is 19.4 Å². The van der Waals surface area contributed by atoms with Gasteiger partial charge in [0.15, 0.2) is 0 Å². The summed E-state index contributed by atoms with van der Waals surface area (Å²) in [6.45, 7) is 3.63. The first-order valence-corrected chi connectivity index (χ1v) is 6.90. The maximum Gasteiger partial charge on any atom is 0.326 e. The van der Waals surface area contributed by atoms with Crippen LogP contribution in [0.15, 0.2) is 30.3 Å². The topological polar surface area (TPSA) is 92.5 Å². The van der Waals surface area contributed by atoms with Crippen LogP contribution in [0.1, 0.15) is 19.4 Å². The lowest BCUT2D eigenvalue weighted by Crippen LogP contribution is -2.47. The van der Waals surface area contributed by atoms with Gasteiger partial charge >= 0.3 is 16.2 Å². The molecule has 1 aromatic carbocycles. The molecule has 0 bridgehead atoms. The van der Waals surface area contributed by atoms with Gasteiger partial charge in [-0.25, -0.2) is 9.52 Å². The van der Waals surface area contributed by atoms with Crippen molar-refractivity contribution in [2.24, 2.45) is 5.73 Å². The van der Waals surface area contributed by atoms with E-state index < -0.39 is 16.2 Å². The van der Waals surface area contributed by atoms with Gasteiger partial charge in [0, 0.05) is 12.6 Å². The van der Waals surface area contributed by atoms with Gasteiger partial charge in [-0.2, -0.15) is 12.7 Å². The zero-order chi connectivity index (χ0) is 13.8. The van der Waals surface area contributed by atoms with Crippen LogP contribution >= 0.6 is 0 Å². The molecule has 1 rings (SSSR count). The summed E-state index contributed by atoms with van der Waals surface area (Å²) in [5, 5.41) is 0. The van der Waals surface area contributed by atoms with Gasteiger partial charge < -0.3 is 5.73 Å². The third-order valence-corrected chi connectivity index (χ3v) is 3.92. The number of carbonyl (C=O) groups is 1. The van der Waals surface area contributed by atoms with Gasteiger partial charge in [-0.1, -0.05) is 30.3 Å². The fourth-order valence-electron chi connectivity index (χ4n) is 1.49. The average molecular weight is 271 g/mol. The first-order chi connectivity index (χ1) is 8.33. The number of carbonyl (C=O) groups excluding carboxylic acids is 1. The third kappa shape index (κ3) is 4.01. The molecule has 100 valence electrons. The van der Waals surface area contributed by atoms with Crippen molar-refractivity contribution >= 4 is 16.2 Å². The van der Waals surface area contributed by atoms with E-state index in [-0.39, 0.29) is 12.6 Å². The fraction of sp³-hybridized carbons (Fsp3) is 0.364. The van der Waals surface area contributed by atoms with Crippen LogP contribution in [0.3, 0.4) is 0 Å². The number of benzene rings is 1. The third-order valence-electron chi connectivity index (χ3n) is 2.30. The maximum atomic E-state index is 11.9. The predicted octanol–water partition coefficient (Wildman–Crippen LogP) is 0.810. The number of nitrogens with two attached hydrogens (primary N) is 1. The normalized spacial score (nSPS) is 11.8. The Morgan fingerprint density at radius 2 is 1.89 bits per heavy atom. The molecule has 0 atom stereocenters. The van der Waals surface area contributed by atoms with Crippen molar-refractivity contribution in [3.05, 3.63) is 35.9 Å². The van der Waals surface area contributed by atoms with E-state index in [9.17, 15) is 13.2 Å². The monoisotopic (exact) mass is 271 g/mol. The van der Waals surface area contributed by atoms with Crippen molar-refractivity contribution in [1.82, 2.24) is 9.03 Å². The molecular formula is C11H17N3O3S. The van der Waals surface area contributed by atoms with E-state index in [0.29, 0.717) is 0 Å². The Labute approximate surface area is 107 Å². The molecule has 7 heteroatoms. The zero-order valence-corrected chi connectivity index (χ0v) is 11.1. The van der Waals surface area contributed by atoms with Gasteiger partial charge in [-0.15, -0.1) is 0 Å². The smallest absolute Gasteiger partial charge is 0.326 e. The minimum atomic E-state index is -3.91. The number of urea groups is 1. The summed E-state index contributed by atoms with van der Waals surface area (Å²) < 4.78 is 26.7. The number of hydrogen-bond donors (Lipinski definition) is 2. The minimum Gasteiger partial charge on any atom is -0.351 e. The number of nitrogens with one attached hydrogen (secondary N) is 1. The Bertz CT molecular complexity index is 500. The molecule has 0 aliphatic carbocycles. The zero-order valence-electron chi connectivity index (χ0n) is 10.3. The fourth-order valence-corrected chi connectivity index (χ4v) is 2.74. The SMILES string of the molecule is CC(C)N(Cc1ccccc1)S(=O)(=O)NC(N)=O. The van der Waals surface area contributed by atoms with Crippen LogP contribution < -0.4 is 10.5 Å². The molecule has 0 radical (unpaired) electrons. The highest BCUT2D eigenvalue weighted by molar-refractivity contribution is 7.87. The Morgan fingerprint density at radius 3 is 2.33 bits per heavy atom. The lowest BCUT2D eigenvalue weighted by Gasteiger charge is -2.25. The van der Waals surface area contributed by atoms with E-state index in [2.05, 4.69) is 0 Å². The molecule has 3 N–H and O–H groups in total. The lowest BCUT2D eigenvalue weighted by atomic mass is 10.2. The maximum absolute atomic E-state index is 11.9. The summed E-state index contributed by atoms with van der Waals surface area (Å²) in [5.74, 6) is 0. The second-order valence-corrected chi connectivity index (χ2v) is 5.72. The van der Waals surface area contributed by atoms with E-state index in [1.165, 1.54) is 4.31 Å². The molecule has 0 aliphatic heterocycles. The van der Waals surface area contributed by atoms with Crippen LogP contribution in [0, 0.1) is 0 Å². The molecule has 0 fully saturated rings. The number of hydrogen-bond acceptors (Lipinski definition) is 3.